The average molecular weight is 399 g/mol. The van der Waals surface area contributed by atoms with Crippen molar-refractivity contribution in [3.63, 3.8) is 0 Å². The average Bonchev–Trinajstić information content (AvgIpc) is 2.93. The second kappa shape index (κ2) is 8.63. The van der Waals surface area contributed by atoms with Crippen LogP contribution in [0.3, 0.4) is 0 Å². The minimum atomic E-state index is -4.53. The molecule has 0 atom stereocenters. The molecular formula is C19H28F3N5O. The predicted molar refractivity (Wildman–Crippen MR) is 99.9 cm³/mol. The van der Waals surface area contributed by atoms with Crippen LogP contribution >= 0.6 is 0 Å². The summed E-state index contributed by atoms with van der Waals surface area (Å²) in [6.45, 7) is 9.10. The van der Waals surface area contributed by atoms with Crippen LogP contribution in [0.1, 0.15) is 38.9 Å². The Bertz CT molecular complexity index is 657. The van der Waals surface area contributed by atoms with E-state index in [-0.39, 0.29) is 11.8 Å². The molecule has 3 rings (SSSR count). The number of anilines is 1. The van der Waals surface area contributed by atoms with Crippen LogP contribution in [0.5, 0.6) is 0 Å². The number of rotatable bonds is 3. The molecule has 2 fully saturated rings. The van der Waals surface area contributed by atoms with Gasteiger partial charge in [0.1, 0.15) is 0 Å². The zero-order chi connectivity index (χ0) is 20.3. The Kier molecular flexibility index (Phi) is 6.42. The fourth-order valence-electron chi connectivity index (χ4n) is 3.95. The number of hydrogen-bond donors (Lipinski definition) is 0. The van der Waals surface area contributed by atoms with Crippen molar-refractivity contribution in [2.24, 2.45) is 5.92 Å². The molecule has 0 aromatic carbocycles. The van der Waals surface area contributed by atoms with Gasteiger partial charge in [0.2, 0.25) is 11.7 Å². The topological polar surface area (TPSA) is 52.6 Å². The zero-order valence-electron chi connectivity index (χ0n) is 16.5. The van der Waals surface area contributed by atoms with Gasteiger partial charge in [-0.1, -0.05) is 0 Å². The van der Waals surface area contributed by atoms with E-state index in [1.54, 1.807) is 0 Å². The lowest BCUT2D eigenvalue weighted by molar-refractivity contribution is -0.145. The highest BCUT2D eigenvalue weighted by Crippen LogP contribution is 2.28. The molecule has 0 aliphatic carbocycles. The van der Waals surface area contributed by atoms with E-state index >= 15 is 0 Å². The van der Waals surface area contributed by atoms with Crippen molar-refractivity contribution >= 4 is 11.6 Å². The Balaban J connectivity index is 1.53. The van der Waals surface area contributed by atoms with Gasteiger partial charge in [-0.15, -0.1) is 0 Å². The van der Waals surface area contributed by atoms with E-state index in [4.69, 9.17) is 0 Å². The van der Waals surface area contributed by atoms with Crippen LogP contribution in [0.15, 0.2) is 12.4 Å². The number of amides is 1. The maximum Gasteiger partial charge on any atom is 0.451 e. The molecule has 156 valence electrons. The molecule has 2 aliphatic heterocycles. The summed E-state index contributed by atoms with van der Waals surface area (Å²) in [5.74, 6) is -0.927. The van der Waals surface area contributed by atoms with Gasteiger partial charge in [0.25, 0.3) is 0 Å². The highest BCUT2D eigenvalue weighted by Gasteiger charge is 2.35. The molecule has 0 unspecified atom stereocenters. The van der Waals surface area contributed by atoms with E-state index < -0.39 is 12.0 Å². The number of piperidine rings is 1. The van der Waals surface area contributed by atoms with Crippen LogP contribution in [0, 0.1) is 5.92 Å². The first-order valence-corrected chi connectivity index (χ1v) is 9.92. The van der Waals surface area contributed by atoms with Gasteiger partial charge in [0.05, 0.1) is 18.1 Å². The maximum atomic E-state index is 12.9. The first-order chi connectivity index (χ1) is 13.3. The number of nitrogens with zero attached hydrogens (tertiary/aromatic N) is 5. The molecule has 3 heterocycles. The second-order valence-electron chi connectivity index (χ2n) is 7.83. The number of halogens is 3. The highest BCUT2D eigenvalue weighted by molar-refractivity contribution is 5.79. The third-order valence-electron chi connectivity index (χ3n) is 5.67. The van der Waals surface area contributed by atoms with Crippen molar-refractivity contribution in [3.05, 3.63) is 18.2 Å². The van der Waals surface area contributed by atoms with E-state index in [0.29, 0.717) is 37.7 Å². The van der Waals surface area contributed by atoms with E-state index in [2.05, 4.69) is 28.7 Å². The van der Waals surface area contributed by atoms with Crippen molar-refractivity contribution in [3.8, 4) is 0 Å². The minimum Gasteiger partial charge on any atom is -0.369 e. The molecule has 28 heavy (non-hydrogen) atoms. The largest absolute Gasteiger partial charge is 0.451 e. The van der Waals surface area contributed by atoms with Crippen molar-refractivity contribution in [1.82, 2.24) is 19.8 Å². The third kappa shape index (κ3) is 4.92. The van der Waals surface area contributed by atoms with Crippen LogP contribution in [0.4, 0.5) is 18.9 Å². The fraction of sp³-hybridized carbons (Fsp3) is 0.737. The number of hydrogen-bond acceptors (Lipinski definition) is 5. The number of carbonyl (C=O) groups excluding carboxylic acids is 1. The van der Waals surface area contributed by atoms with Gasteiger partial charge in [-0.2, -0.15) is 13.2 Å². The van der Waals surface area contributed by atoms with E-state index in [9.17, 15) is 18.0 Å². The van der Waals surface area contributed by atoms with Gasteiger partial charge in [-0.05, 0) is 33.1 Å². The summed E-state index contributed by atoms with van der Waals surface area (Å²) in [6, 6.07) is 0.490. The van der Waals surface area contributed by atoms with Crippen LogP contribution in [-0.4, -0.2) is 71.0 Å². The van der Waals surface area contributed by atoms with Gasteiger partial charge in [-0.25, -0.2) is 9.97 Å². The quantitative estimate of drug-likeness (QED) is 0.782. The summed E-state index contributed by atoms with van der Waals surface area (Å²) < 4.78 is 37.8. The molecule has 1 aromatic rings. The number of aromatic nitrogens is 2. The van der Waals surface area contributed by atoms with Gasteiger partial charge in [0, 0.05) is 51.2 Å². The van der Waals surface area contributed by atoms with Gasteiger partial charge in [0.15, 0.2) is 0 Å². The molecule has 0 saturated carbocycles. The number of alkyl halides is 3. The highest BCUT2D eigenvalue weighted by atomic mass is 19.4. The Morgan fingerprint density at radius 2 is 1.68 bits per heavy atom. The minimum absolute atomic E-state index is 0.0165. The van der Waals surface area contributed by atoms with E-state index in [1.165, 1.54) is 12.4 Å². The lowest BCUT2D eigenvalue weighted by Crippen LogP contribution is -2.44. The SMILES string of the molecule is CC(C)N1CCCN(C(=O)C2CCN(c3cnc(C(F)(F)F)nc3)CC2)CC1. The molecule has 2 saturated heterocycles. The molecule has 1 aromatic heterocycles. The monoisotopic (exact) mass is 399 g/mol. The molecule has 0 spiro atoms. The Morgan fingerprint density at radius 1 is 1.04 bits per heavy atom. The lowest BCUT2D eigenvalue weighted by Gasteiger charge is -2.35. The molecular weight excluding hydrogens is 371 g/mol. The molecule has 0 bridgehead atoms. The first-order valence-electron chi connectivity index (χ1n) is 9.92. The van der Waals surface area contributed by atoms with Crippen LogP contribution < -0.4 is 4.90 Å². The summed E-state index contributed by atoms with van der Waals surface area (Å²) in [4.78, 5) is 26.1. The second-order valence-corrected chi connectivity index (χ2v) is 7.83. The summed E-state index contributed by atoms with van der Waals surface area (Å²) in [7, 11) is 0. The summed E-state index contributed by atoms with van der Waals surface area (Å²) in [6.07, 6.45) is 0.289. The lowest BCUT2D eigenvalue weighted by atomic mass is 9.95. The fourth-order valence-corrected chi connectivity index (χ4v) is 3.95. The third-order valence-corrected chi connectivity index (χ3v) is 5.67. The Labute approximate surface area is 163 Å². The smallest absolute Gasteiger partial charge is 0.369 e. The molecule has 0 radical (unpaired) electrons. The van der Waals surface area contributed by atoms with Crippen LogP contribution in [-0.2, 0) is 11.0 Å². The molecule has 9 heteroatoms. The van der Waals surface area contributed by atoms with Crippen molar-refractivity contribution in [2.75, 3.05) is 44.2 Å². The van der Waals surface area contributed by atoms with Crippen LogP contribution in [0.2, 0.25) is 0 Å². The Morgan fingerprint density at radius 3 is 2.25 bits per heavy atom. The van der Waals surface area contributed by atoms with Gasteiger partial charge >= 0.3 is 6.18 Å². The predicted octanol–water partition coefficient (Wildman–Crippen LogP) is 2.65. The van der Waals surface area contributed by atoms with Crippen molar-refractivity contribution in [1.29, 1.82) is 0 Å². The zero-order valence-corrected chi connectivity index (χ0v) is 16.5. The van der Waals surface area contributed by atoms with E-state index in [0.717, 1.165) is 32.6 Å². The molecule has 6 nitrogen and oxygen atoms in total. The summed E-state index contributed by atoms with van der Waals surface area (Å²) in [5.41, 5.74) is 0.571. The molecule has 1 amide bonds. The molecule has 0 N–H and O–H groups in total. The Hall–Kier alpha value is -1.90. The first kappa shape index (κ1) is 20.8. The maximum absolute atomic E-state index is 12.9. The standard InChI is InChI=1S/C19H28F3N5O/c1-14(2)25-6-3-7-27(11-10-25)17(28)15-4-8-26(9-5-15)16-12-23-18(24-13-16)19(20,21)22/h12-15H,3-11H2,1-2H3. The van der Waals surface area contributed by atoms with Crippen LogP contribution in [0.25, 0.3) is 0 Å². The van der Waals surface area contributed by atoms with Gasteiger partial charge in [-0.3, -0.25) is 9.69 Å². The van der Waals surface area contributed by atoms with Gasteiger partial charge < -0.3 is 9.80 Å². The summed E-state index contributed by atoms with van der Waals surface area (Å²) >= 11 is 0. The number of carbonyl (C=O) groups is 1. The van der Waals surface area contributed by atoms with E-state index in [1.807, 2.05) is 9.80 Å². The molecule has 2 aliphatic rings. The van der Waals surface area contributed by atoms with Crippen molar-refractivity contribution < 1.29 is 18.0 Å². The normalized spacial score (nSPS) is 20.5. The van der Waals surface area contributed by atoms with Crippen molar-refractivity contribution in [2.45, 2.75) is 45.3 Å². The summed E-state index contributed by atoms with van der Waals surface area (Å²) in [5, 5.41) is 0.